The zero-order valence-corrected chi connectivity index (χ0v) is 15.5. The van der Waals surface area contributed by atoms with E-state index in [9.17, 15) is 18.3 Å². The predicted molar refractivity (Wildman–Crippen MR) is 104 cm³/mol. The molecule has 0 spiro atoms. The molecule has 4 rings (SSSR count). The molecular weight excluding hydrogens is 365 g/mol. The van der Waals surface area contributed by atoms with E-state index in [1.807, 2.05) is 38.2 Å². The molecule has 2 aromatic carbocycles. The van der Waals surface area contributed by atoms with E-state index in [4.69, 9.17) is 4.98 Å². The minimum atomic E-state index is -4.63. The van der Waals surface area contributed by atoms with Crippen LogP contribution in [0.5, 0.6) is 5.75 Å². The van der Waals surface area contributed by atoms with Crippen molar-refractivity contribution in [1.29, 1.82) is 0 Å². The minimum absolute atomic E-state index is 0.354. The van der Waals surface area contributed by atoms with Gasteiger partial charge in [-0.2, -0.15) is 13.2 Å². The fourth-order valence-corrected chi connectivity index (χ4v) is 3.83. The van der Waals surface area contributed by atoms with Crippen LogP contribution in [0.2, 0.25) is 0 Å². The molecule has 0 aliphatic carbocycles. The summed E-state index contributed by atoms with van der Waals surface area (Å²) in [5, 5.41) is 11.7. The lowest BCUT2D eigenvalue weighted by Gasteiger charge is -2.17. The SMILES string of the molecule is CCCc1c(-c2ccc(O)c(C(F)(F)F)c2)nc2ccc3[nH]ccc3c2c1C. The van der Waals surface area contributed by atoms with Crippen LogP contribution in [-0.4, -0.2) is 15.1 Å². The average molecular weight is 384 g/mol. The number of benzene rings is 2. The van der Waals surface area contributed by atoms with Crippen molar-refractivity contribution in [1.82, 2.24) is 9.97 Å². The van der Waals surface area contributed by atoms with Gasteiger partial charge in [0, 0.05) is 28.0 Å². The molecule has 4 aromatic rings. The molecule has 0 aliphatic rings. The Kier molecular flexibility index (Phi) is 4.29. The summed E-state index contributed by atoms with van der Waals surface area (Å²) in [5.74, 6) is -0.778. The fraction of sp³-hybridized carbons (Fsp3) is 0.227. The number of H-pyrrole nitrogens is 1. The van der Waals surface area contributed by atoms with Crippen LogP contribution >= 0.6 is 0 Å². The summed E-state index contributed by atoms with van der Waals surface area (Å²) in [6.45, 7) is 4.03. The zero-order valence-electron chi connectivity index (χ0n) is 15.5. The first-order chi connectivity index (χ1) is 13.3. The maximum absolute atomic E-state index is 13.3. The third kappa shape index (κ3) is 2.89. The van der Waals surface area contributed by atoms with Crippen LogP contribution in [0.4, 0.5) is 13.2 Å². The number of aromatic nitrogens is 2. The van der Waals surface area contributed by atoms with E-state index in [2.05, 4.69) is 4.98 Å². The molecule has 0 amide bonds. The van der Waals surface area contributed by atoms with Crippen LogP contribution in [0, 0.1) is 6.92 Å². The molecule has 144 valence electrons. The van der Waals surface area contributed by atoms with Crippen LogP contribution in [0.15, 0.2) is 42.6 Å². The molecular formula is C22H19F3N2O. The Hall–Kier alpha value is -3.02. The summed E-state index contributed by atoms with van der Waals surface area (Å²) >= 11 is 0. The van der Waals surface area contributed by atoms with Crippen molar-refractivity contribution < 1.29 is 18.3 Å². The number of hydrogen-bond donors (Lipinski definition) is 2. The number of phenols is 1. The minimum Gasteiger partial charge on any atom is -0.507 e. The molecule has 0 atom stereocenters. The summed E-state index contributed by atoms with van der Waals surface area (Å²) in [5.41, 5.74) is 3.53. The van der Waals surface area contributed by atoms with Gasteiger partial charge in [0.15, 0.2) is 0 Å². The summed E-state index contributed by atoms with van der Waals surface area (Å²) in [7, 11) is 0. The van der Waals surface area contributed by atoms with Crippen molar-refractivity contribution in [3.63, 3.8) is 0 Å². The van der Waals surface area contributed by atoms with Crippen molar-refractivity contribution in [2.75, 3.05) is 0 Å². The number of phenolic OH excluding ortho intramolecular Hbond substituents is 1. The Morgan fingerprint density at radius 3 is 2.61 bits per heavy atom. The van der Waals surface area contributed by atoms with Gasteiger partial charge in [-0.05, 0) is 60.9 Å². The van der Waals surface area contributed by atoms with E-state index in [1.165, 1.54) is 6.07 Å². The zero-order chi connectivity index (χ0) is 20.1. The molecule has 2 heterocycles. The maximum Gasteiger partial charge on any atom is 0.419 e. The Balaban J connectivity index is 2.04. The van der Waals surface area contributed by atoms with Crippen molar-refractivity contribution in [2.24, 2.45) is 0 Å². The van der Waals surface area contributed by atoms with Gasteiger partial charge in [0.2, 0.25) is 0 Å². The third-order valence-corrected chi connectivity index (χ3v) is 5.13. The predicted octanol–water partition coefficient (Wildman–Crippen LogP) is 6.37. The van der Waals surface area contributed by atoms with Gasteiger partial charge in [0.05, 0.1) is 16.8 Å². The first kappa shape index (κ1) is 18.3. The molecule has 0 unspecified atom stereocenters. The highest BCUT2D eigenvalue weighted by Gasteiger charge is 2.34. The Bertz CT molecular complexity index is 1190. The third-order valence-electron chi connectivity index (χ3n) is 5.13. The van der Waals surface area contributed by atoms with E-state index in [1.54, 1.807) is 0 Å². The first-order valence-electron chi connectivity index (χ1n) is 9.11. The highest BCUT2D eigenvalue weighted by atomic mass is 19.4. The van der Waals surface area contributed by atoms with E-state index in [-0.39, 0.29) is 0 Å². The fourth-order valence-electron chi connectivity index (χ4n) is 3.83. The molecule has 28 heavy (non-hydrogen) atoms. The second-order valence-electron chi connectivity index (χ2n) is 6.94. The molecule has 0 fully saturated rings. The monoisotopic (exact) mass is 384 g/mol. The van der Waals surface area contributed by atoms with E-state index in [0.29, 0.717) is 17.7 Å². The highest BCUT2D eigenvalue weighted by Crippen LogP contribution is 2.40. The molecule has 3 nitrogen and oxygen atoms in total. The number of nitrogens with one attached hydrogen (secondary N) is 1. The summed E-state index contributed by atoms with van der Waals surface area (Å²) in [4.78, 5) is 7.93. The van der Waals surface area contributed by atoms with Crippen molar-refractivity contribution in [3.05, 3.63) is 59.3 Å². The van der Waals surface area contributed by atoms with Crippen LogP contribution in [-0.2, 0) is 12.6 Å². The molecule has 6 heteroatoms. The van der Waals surface area contributed by atoms with Gasteiger partial charge in [-0.3, -0.25) is 0 Å². The van der Waals surface area contributed by atoms with E-state index >= 15 is 0 Å². The number of alkyl halides is 3. The molecule has 2 N–H and O–H groups in total. The number of aryl methyl sites for hydroxylation is 1. The molecule has 2 aromatic heterocycles. The lowest BCUT2D eigenvalue weighted by Crippen LogP contribution is -2.06. The normalized spacial score (nSPS) is 12.2. The summed E-state index contributed by atoms with van der Waals surface area (Å²) < 4.78 is 39.8. The second-order valence-corrected chi connectivity index (χ2v) is 6.94. The van der Waals surface area contributed by atoms with Crippen molar-refractivity contribution in [3.8, 4) is 17.0 Å². The Labute approximate surface area is 159 Å². The number of fused-ring (bicyclic) bond motifs is 3. The molecule has 0 saturated heterocycles. The van der Waals surface area contributed by atoms with Gasteiger partial charge in [-0.1, -0.05) is 13.3 Å². The number of pyridine rings is 1. The lowest BCUT2D eigenvalue weighted by molar-refractivity contribution is -0.138. The summed E-state index contributed by atoms with van der Waals surface area (Å²) in [6, 6.07) is 9.36. The average Bonchev–Trinajstić information content (AvgIpc) is 3.12. The number of rotatable bonds is 3. The number of aromatic amines is 1. The highest BCUT2D eigenvalue weighted by molar-refractivity contribution is 6.08. The lowest BCUT2D eigenvalue weighted by atomic mass is 9.93. The first-order valence-corrected chi connectivity index (χ1v) is 9.11. The van der Waals surface area contributed by atoms with Crippen LogP contribution < -0.4 is 0 Å². The van der Waals surface area contributed by atoms with E-state index in [0.717, 1.165) is 51.5 Å². The van der Waals surface area contributed by atoms with Gasteiger partial charge in [0.1, 0.15) is 5.75 Å². The number of halogens is 3. The quantitative estimate of drug-likeness (QED) is 0.431. The molecule has 0 radical (unpaired) electrons. The Morgan fingerprint density at radius 2 is 1.89 bits per heavy atom. The number of nitrogens with zero attached hydrogens (tertiary/aromatic N) is 1. The van der Waals surface area contributed by atoms with Gasteiger partial charge >= 0.3 is 6.18 Å². The van der Waals surface area contributed by atoms with Gasteiger partial charge in [0.25, 0.3) is 0 Å². The van der Waals surface area contributed by atoms with Crippen LogP contribution in [0.25, 0.3) is 33.1 Å². The number of aromatic hydroxyl groups is 1. The van der Waals surface area contributed by atoms with Gasteiger partial charge in [-0.15, -0.1) is 0 Å². The molecule has 0 bridgehead atoms. The second kappa shape index (κ2) is 6.55. The molecule has 0 aliphatic heterocycles. The smallest absolute Gasteiger partial charge is 0.419 e. The topological polar surface area (TPSA) is 48.9 Å². The van der Waals surface area contributed by atoms with Gasteiger partial charge < -0.3 is 10.1 Å². The van der Waals surface area contributed by atoms with Crippen LogP contribution in [0.3, 0.4) is 0 Å². The largest absolute Gasteiger partial charge is 0.507 e. The summed E-state index contributed by atoms with van der Waals surface area (Å²) in [6.07, 6.45) is -1.22. The standard InChI is InChI=1S/C22H19F3N2O/c1-3-4-14-12(2)20-15-9-10-26-17(15)6-7-18(20)27-21(14)13-5-8-19(28)16(11-13)22(23,24)25/h5-11,26,28H,3-4H2,1-2H3. The van der Waals surface area contributed by atoms with Crippen LogP contribution in [0.1, 0.15) is 30.0 Å². The van der Waals surface area contributed by atoms with E-state index < -0.39 is 17.5 Å². The van der Waals surface area contributed by atoms with Crippen molar-refractivity contribution >= 4 is 21.8 Å². The molecule has 0 saturated carbocycles. The maximum atomic E-state index is 13.3. The Morgan fingerprint density at radius 1 is 1.11 bits per heavy atom. The number of hydrogen-bond acceptors (Lipinski definition) is 2. The van der Waals surface area contributed by atoms with Crippen molar-refractivity contribution in [2.45, 2.75) is 32.9 Å². The van der Waals surface area contributed by atoms with Gasteiger partial charge in [-0.25, -0.2) is 4.98 Å².